The van der Waals surface area contributed by atoms with Crippen LogP contribution in [0.5, 0.6) is 0 Å². The van der Waals surface area contributed by atoms with E-state index in [1.54, 1.807) is 35.4 Å². The van der Waals surface area contributed by atoms with E-state index in [9.17, 15) is 17.6 Å². The largest absolute Gasteiger partial charge is 0.388 e. The van der Waals surface area contributed by atoms with Crippen molar-refractivity contribution in [3.8, 4) is 6.07 Å². The summed E-state index contributed by atoms with van der Waals surface area (Å²) in [5.41, 5.74) is 1.45. The minimum atomic E-state index is -3.12. The fraction of sp³-hybridized carbons (Fsp3) is 0.903. The molecule has 0 N–H and O–H groups in total. The lowest BCUT2D eigenvalue weighted by atomic mass is 9.99. The van der Waals surface area contributed by atoms with Gasteiger partial charge >= 0.3 is 0 Å². The molecule has 0 radical (unpaired) electrons. The highest BCUT2D eigenvalue weighted by Gasteiger charge is 2.19. The smallest absolute Gasteiger partial charge is 0.273 e. The van der Waals surface area contributed by atoms with Crippen molar-refractivity contribution >= 4 is 51.7 Å². The topological polar surface area (TPSA) is 60.7 Å². The zero-order valence-electron chi connectivity index (χ0n) is 49.8. The summed E-state index contributed by atoms with van der Waals surface area (Å²) in [6.45, 7) is 44.7. The highest BCUT2D eigenvalue weighted by molar-refractivity contribution is 6.76. The summed E-state index contributed by atoms with van der Waals surface area (Å²) in [5.74, 6) is -1.29. The Morgan fingerprint density at radius 1 is 0.558 bits per heavy atom. The number of halogens is 7. The predicted octanol–water partition coefficient (Wildman–Crippen LogP) is 31.5. The molecule has 0 aromatic heterocycles. The minimum absolute atomic E-state index is 0. The molecular weight excluding hydrogens is 1180 g/mol. The van der Waals surface area contributed by atoms with Crippen LogP contribution in [0.2, 0.25) is 32.7 Å². The molecule has 14 heteroatoms. The number of methoxy groups -OCH3 is 4. The van der Waals surface area contributed by atoms with Crippen molar-refractivity contribution in [3.05, 3.63) is 35.9 Å². The molecule has 4 unspecified atom stereocenters. The number of hydrogen-bond acceptors (Lipinski definition) is 5. The zero-order valence-corrected chi connectivity index (χ0v) is 54.2. The first kappa shape index (κ1) is 191. The standard InChI is InChI=1S/C10H14.C5H9N.C5H14OSi.C5H12O.C5H12.C4H8Cl2.C4H9Cl.C4H12OSi.C4H10O.C4H10.C3H5F3.CH3F.18CH4/c1-3-9(2)10-7-5-4-6-8-10;1-3-5(2)4-6;1-6-5-7(2,3)4;1-4-5(2)6-3;1-4-5(2)3;1-3-4(2,5)6;1-3-4(2)5;1-5-4-6(2)3;1-3-4-5-2;1-3-4-2;1-3(5,6)2-4;1-2;;;;;;;;;;;;;;;;;;/h4-9H,3H2,1-2H3;5H,3H2,1-2H3;5H2,1-4H3;5H,4H2,1-3H3;5H,4H2,1-3H3;3H2,1-2H3;4H,3H2,1-2H3;6H,4H2,1-3H3;3-4H2,1-2H3;3-4H2,1-2H3;2H2,1H3;1H3;18*1H4. The maximum absolute atomic E-state index is 11.1. The Hall–Kier alpha value is -0.426. The minimum Gasteiger partial charge on any atom is -0.388 e. The van der Waals surface area contributed by atoms with Crippen molar-refractivity contribution in [3.63, 3.8) is 0 Å². The first-order valence-corrected chi connectivity index (χ1v) is 33.1. The van der Waals surface area contributed by atoms with Gasteiger partial charge in [-0.25, -0.2) is 13.2 Å². The van der Waals surface area contributed by atoms with Gasteiger partial charge in [0.1, 0.15) is 4.33 Å². The SMILES string of the molecule is C.C.C.C.C.C.C.C.C.C.C.C.C.C.C.C.C.C.CC(F)(F)CF.CCC(C)(Cl)Cl.CCC(C)C.CCC(C)C#N.CCC(C)Cl.CCC(C)OC.CCC(C)c1ccccc1.CCCC.CCCOC.CF.COC[SiH](C)C.COC[Si](C)(C)C. The van der Waals surface area contributed by atoms with E-state index in [2.05, 4.69) is 145 Å². The summed E-state index contributed by atoms with van der Waals surface area (Å²) in [7, 11) is 6.19. The molecule has 1 rings (SSSR count). The number of rotatable bonds is 16. The molecule has 86 heavy (non-hydrogen) atoms. The van der Waals surface area contributed by atoms with Gasteiger partial charge in [-0.3, -0.25) is 4.39 Å². The third kappa shape index (κ3) is 330. The summed E-state index contributed by atoms with van der Waals surface area (Å²) in [5, 5.41) is 8.44. The van der Waals surface area contributed by atoms with Crippen LogP contribution in [0.25, 0.3) is 0 Å². The Morgan fingerprint density at radius 2 is 0.860 bits per heavy atom. The number of nitriles is 1. The molecule has 0 amide bonds. The Morgan fingerprint density at radius 3 is 0.919 bits per heavy atom. The van der Waals surface area contributed by atoms with Gasteiger partial charge < -0.3 is 18.9 Å². The van der Waals surface area contributed by atoms with E-state index < -0.39 is 33.8 Å². The predicted molar refractivity (Wildman–Crippen MR) is 432 cm³/mol. The normalized spacial score (nSPS) is 9.10. The van der Waals surface area contributed by atoms with Crippen molar-refractivity contribution in [1.29, 1.82) is 5.26 Å². The van der Waals surface area contributed by atoms with Gasteiger partial charge in [-0.2, -0.15) is 5.26 Å². The molecule has 0 spiro atoms. The van der Waals surface area contributed by atoms with Crippen LogP contribution < -0.4 is 0 Å². The molecule has 1 aromatic carbocycles. The van der Waals surface area contributed by atoms with E-state index in [1.165, 1.54) is 31.2 Å². The lowest BCUT2D eigenvalue weighted by Crippen LogP contribution is -2.26. The van der Waals surface area contributed by atoms with Crippen LogP contribution >= 0.6 is 34.8 Å². The lowest BCUT2D eigenvalue weighted by molar-refractivity contribution is -0.00295. The molecule has 0 saturated carbocycles. The van der Waals surface area contributed by atoms with Crippen LogP contribution in [0, 0.1) is 23.2 Å². The van der Waals surface area contributed by atoms with Crippen LogP contribution in [0.1, 0.15) is 321 Å². The molecule has 0 aliphatic heterocycles. The number of nitrogens with zero attached hydrogens (tertiary/aromatic N) is 1. The zero-order chi connectivity index (χ0) is 56.8. The maximum Gasteiger partial charge on any atom is 0.273 e. The summed E-state index contributed by atoms with van der Waals surface area (Å²) >= 11 is 16.4. The van der Waals surface area contributed by atoms with E-state index in [-0.39, 0.29) is 140 Å². The van der Waals surface area contributed by atoms with Crippen LogP contribution in [0.15, 0.2) is 30.3 Å². The monoisotopic (exact) mass is 1370 g/mol. The summed E-state index contributed by atoms with van der Waals surface area (Å²) in [6, 6.07) is 12.8. The summed E-state index contributed by atoms with van der Waals surface area (Å²) in [6.07, 6.45) is 12.7. The second kappa shape index (κ2) is 156. The van der Waals surface area contributed by atoms with Gasteiger partial charge in [0.2, 0.25) is 0 Å². The van der Waals surface area contributed by atoms with Crippen molar-refractivity contribution < 1.29 is 36.5 Å². The van der Waals surface area contributed by atoms with Gasteiger partial charge in [0.15, 0.2) is 6.67 Å². The molecule has 0 aliphatic rings. The fourth-order valence-electron chi connectivity index (χ4n) is 2.25. The van der Waals surface area contributed by atoms with Crippen LogP contribution in [-0.4, -0.2) is 100.0 Å². The van der Waals surface area contributed by atoms with Gasteiger partial charge in [0.05, 0.1) is 36.2 Å². The fourth-order valence-corrected chi connectivity index (χ4v) is 3.78. The number of unbranched alkanes of at least 4 members (excludes halogenated alkanes) is 1. The van der Waals surface area contributed by atoms with E-state index >= 15 is 0 Å². The van der Waals surface area contributed by atoms with Crippen molar-refractivity contribution in [2.45, 2.75) is 370 Å². The average Bonchev–Trinajstić information content (AvgIpc) is 3.30. The average molecular weight is 1370 g/mol. The summed E-state index contributed by atoms with van der Waals surface area (Å²) < 4.78 is 61.3. The Bertz CT molecular complexity index is 960. The highest BCUT2D eigenvalue weighted by atomic mass is 35.5. The molecule has 5 nitrogen and oxygen atoms in total. The van der Waals surface area contributed by atoms with Gasteiger partial charge in [0.25, 0.3) is 5.92 Å². The molecule has 0 aliphatic carbocycles. The van der Waals surface area contributed by atoms with Crippen molar-refractivity contribution in [1.82, 2.24) is 0 Å². The third-order valence-electron chi connectivity index (χ3n) is 8.01. The number of hydrogen-bond donors (Lipinski definition) is 0. The molecule has 4 atom stereocenters. The third-order valence-corrected chi connectivity index (χ3v) is 11.0. The van der Waals surface area contributed by atoms with Gasteiger partial charge in [-0.05, 0) is 83.6 Å². The Labute approximate surface area is 574 Å². The number of alkyl halides is 7. The Balaban J connectivity index is -0.0000000151. The molecule has 0 saturated heterocycles. The quantitative estimate of drug-likeness (QED) is 0.0938. The van der Waals surface area contributed by atoms with Gasteiger partial charge in [-0.15, -0.1) is 34.8 Å². The van der Waals surface area contributed by atoms with E-state index in [1.807, 2.05) is 27.7 Å². The van der Waals surface area contributed by atoms with Crippen LogP contribution in [0.4, 0.5) is 17.6 Å². The van der Waals surface area contributed by atoms with E-state index in [0.29, 0.717) is 31.5 Å². The number of ether oxygens (including phenoxy) is 4. The summed E-state index contributed by atoms with van der Waals surface area (Å²) in [4.78, 5) is 0. The second-order valence-corrected chi connectivity index (χ2v) is 29.2. The molecule has 1 aromatic rings. The van der Waals surface area contributed by atoms with E-state index in [4.69, 9.17) is 59.0 Å². The molecule has 0 bridgehead atoms. The van der Waals surface area contributed by atoms with Crippen molar-refractivity contribution in [2.75, 3.05) is 61.4 Å². The highest BCUT2D eigenvalue weighted by Crippen LogP contribution is 2.22. The van der Waals surface area contributed by atoms with Gasteiger partial charge in [0, 0.05) is 65.7 Å². The molecule has 0 fully saturated rings. The maximum atomic E-state index is 11.1. The molecular formula is C72H190Cl3F4NO4Si2. The van der Waals surface area contributed by atoms with Crippen LogP contribution in [0.3, 0.4) is 0 Å². The second-order valence-electron chi connectivity index (χ2n) is 18.1. The lowest BCUT2D eigenvalue weighted by Gasteiger charge is -2.12. The van der Waals surface area contributed by atoms with Crippen molar-refractivity contribution in [2.24, 2.45) is 11.8 Å². The molecule has 564 valence electrons. The molecule has 0 heterocycles. The first-order chi connectivity index (χ1) is 31.3. The van der Waals surface area contributed by atoms with Crippen LogP contribution in [-0.2, 0) is 18.9 Å². The van der Waals surface area contributed by atoms with E-state index in [0.717, 1.165) is 57.1 Å². The number of benzene rings is 1. The first-order valence-electron chi connectivity index (χ1n) is 25.1. The van der Waals surface area contributed by atoms with Gasteiger partial charge in [-0.1, -0.05) is 299 Å². The Kier molecular flexibility index (Phi) is 346.